The zero-order valence-corrected chi connectivity index (χ0v) is 12.7. The van der Waals surface area contributed by atoms with Gasteiger partial charge in [0.1, 0.15) is 0 Å². The largest absolute Gasteiger partial charge is 0.361 e. The first-order valence-corrected chi connectivity index (χ1v) is 7.94. The molecule has 6 heteroatoms. The number of benzene rings is 1. The smallest absolute Gasteiger partial charge is 0.276 e. The summed E-state index contributed by atoms with van der Waals surface area (Å²) in [4.78, 5) is 15.5. The molecule has 4 rings (SSSR count). The molecule has 0 saturated carbocycles. The molecule has 3 N–H and O–H groups in total. The molecule has 1 aromatic carbocycles. The van der Waals surface area contributed by atoms with Crippen molar-refractivity contribution >= 4 is 22.5 Å². The van der Waals surface area contributed by atoms with E-state index in [9.17, 15) is 4.79 Å². The number of carbonyl (C=O) groups is 1. The molecule has 0 aliphatic carbocycles. The molecule has 1 unspecified atom stereocenters. The summed E-state index contributed by atoms with van der Waals surface area (Å²) in [6.45, 7) is 1.97. The molecule has 23 heavy (non-hydrogen) atoms. The molecule has 0 bridgehead atoms. The van der Waals surface area contributed by atoms with Crippen molar-refractivity contribution in [2.75, 3.05) is 18.4 Å². The lowest BCUT2D eigenvalue weighted by Crippen LogP contribution is -2.32. The number of piperidine rings is 1. The molecule has 0 radical (unpaired) electrons. The van der Waals surface area contributed by atoms with Crippen LogP contribution in [-0.2, 0) is 0 Å². The summed E-state index contributed by atoms with van der Waals surface area (Å²) in [6.07, 6.45) is 6.01. The third kappa shape index (κ3) is 2.85. The van der Waals surface area contributed by atoms with Gasteiger partial charge >= 0.3 is 0 Å². The van der Waals surface area contributed by atoms with Crippen molar-refractivity contribution in [3.05, 3.63) is 48.4 Å². The fourth-order valence-corrected chi connectivity index (χ4v) is 3.05. The normalized spacial score (nSPS) is 18.2. The minimum Gasteiger partial charge on any atom is -0.361 e. The lowest BCUT2D eigenvalue weighted by atomic mass is 10.1. The molecule has 1 fully saturated rings. The van der Waals surface area contributed by atoms with Gasteiger partial charge in [0, 0.05) is 35.5 Å². The Hall–Kier alpha value is -2.60. The third-order valence-corrected chi connectivity index (χ3v) is 4.30. The Bertz CT molecular complexity index is 828. The van der Waals surface area contributed by atoms with Gasteiger partial charge in [-0.1, -0.05) is 0 Å². The zero-order chi connectivity index (χ0) is 15.6. The van der Waals surface area contributed by atoms with Crippen LogP contribution in [0.3, 0.4) is 0 Å². The number of aromatic nitrogens is 3. The average molecular weight is 309 g/mol. The monoisotopic (exact) mass is 309 g/mol. The van der Waals surface area contributed by atoms with Crippen LogP contribution in [0.2, 0.25) is 0 Å². The maximum atomic E-state index is 12.4. The molecule has 1 aliphatic rings. The number of hydrogen-bond donors (Lipinski definition) is 3. The molecule has 3 aromatic rings. The molecule has 2 aromatic heterocycles. The number of nitrogens with zero attached hydrogens (tertiary/aromatic N) is 2. The SMILES string of the molecule is O=C(Nc1ccc2[nH]ccc2c1)c1ccn(C2CCCNC2)n1. The molecule has 118 valence electrons. The second-order valence-electron chi connectivity index (χ2n) is 5.91. The van der Waals surface area contributed by atoms with Crippen molar-refractivity contribution in [3.8, 4) is 0 Å². The molecule has 1 saturated heterocycles. The maximum absolute atomic E-state index is 12.4. The Labute approximate surface area is 133 Å². The van der Waals surface area contributed by atoms with Crippen LogP contribution >= 0.6 is 0 Å². The van der Waals surface area contributed by atoms with Crippen molar-refractivity contribution in [1.29, 1.82) is 0 Å². The Morgan fingerprint density at radius 2 is 2.26 bits per heavy atom. The number of amides is 1. The van der Waals surface area contributed by atoms with Crippen LogP contribution in [0, 0.1) is 0 Å². The Morgan fingerprint density at radius 3 is 3.13 bits per heavy atom. The van der Waals surface area contributed by atoms with Crippen molar-refractivity contribution in [1.82, 2.24) is 20.1 Å². The number of anilines is 1. The second-order valence-corrected chi connectivity index (χ2v) is 5.91. The number of hydrogen-bond acceptors (Lipinski definition) is 3. The first kappa shape index (κ1) is 14.0. The first-order valence-electron chi connectivity index (χ1n) is 7.94. The van der Waals surface area contributed by atoms with E-state index in [0.29, 0.717) is 11.7 Å². The van der Waals surface area contributed by atoms with Gasteiger partial charge in [0.2, 0.25) is 0 Å². The molecule has 3 heterocycles. The fourth-order valence-electron chi connectivity index (χ4n) is 3.05. The maximum Gasteiger partial charge on any atom is 0.276 e. The number of carbonyl (C=O) groups excluding carboxylic acids is 1. The van der Waals surface area contributed by atoms with Crippen molar-refractivity contribution in [2.24, 2.45) is 0 Å². The molecule has 1 atom stereocenters. The Morgan fingerprint density at radius 1 is 1.30 bits per heavy atom. The molecular formula is C17H19N5O. The van der Waals surface area contributed by atoms with Crippen molar-refractivity contribution in [3.63, 3.8) is 0 Å². The van der Waals surface area contributed by atoms with Crippen LogP contribution in [0.25, 0.3) is 10.9 Å². The summed E-state index contributed by atoms with van der Waals surface area (Å²) in [7, 11) is 0. The molecule has 0 spiro atoms. The van der Waals surface area contributed by atoms with E-state index in [-0.39, 0.29) is 5.91 Å². The predicted molar refractivity (Wildman–Crippen MR) is 89.6 cm³/mol. The summed E-state index contributed by atoms with van der Waals surface area (Å²) in [5.74, 6) is -0.178. The van der Waals surface area contributed by atoms with Gasteiger partial charge in [-0.25, -0.2) is 0 Å². The Balaban J connectivity index is 1.49. The van der Waals surface area contributed by atoms with Gasteiger partial charge in [-0.2, -0.15) is 5.10 Å². The molecule has 6 nitrogen and oxygen atoms in total. The highest BCUT2D eigenvalue weighted by atomic mass is 16.1. The van der Waals surface area contributed by atoms with Gasteiger partial charge in [0.05, 0.1) is 6.04 Å². The van der Waals surface area contributed by atoms with Crippen LogP contribution in [0.4, 0.5) is 5.69 Å². The van der Waals surface area contributed by atoms with E-state index in [1.807, 2.05) is 41.3 Å². The van der Waals surface area contributed by atoms with E-state index in [4.69, 9.17) is 0 Å². The number of aromatic amines is 1. The summed E-state index contributed by atoms with van der Waals surface area (Å²) < 4.78 is 1.90. The van der Waals surface area contributed by atoms with Gasteiger partial charge in [-0.3, -0.25) is 9.48 Å². The van der Waals surface area contributed by atoms with Gasteiger partial charge in [-0.15, -0.1) is 0 Å². The number of rotatable bonds is 3. The van der Waals surface area contributed by atoms with E-state index in [2.05, 4.69) is 20.7 Å². The number of fused-ring (bicyclic) bond motifs is 1. The van der Waals surface area contributed by atoms with E-state index in [0.717, 1.165) is 42.5 Å². The van der Waals surface area contributed by atoms with E-state index < -0.39 is 0 Å². The number of H-pyrrole nitrogens is 1. The molecule has 1 amide bonds. The highest BCUT2D eigenvalue weighted by molar-refractivity contribution is 6.03. The highest BCUT2D eigenvalue weighted by Gasteiger charge is 2.17. The van der Waals surface area contributed by atoms with E-state index in [1.54, 1.807) is 6.07 Å². The minimum absolute atomic E-state index is 0.178. The topological polar surface area (TPSA) is 74.7 Å². The summed E-state index contributed by atoms with van der Waals surface area (Å²) >= 11 is 0. The summed E-state index contributed by atoms with van der Waals surface area (Å²) in [5.41, 5.74) is 2.28. The minimum atomic E-state index is -0.178. The quantitative estimate of drug-likeness (QED) is 0.696. The highest BCUT2D eigenvalue weighted by Crippen LogP contribution is 2.19. The van der Waals surface area contributed by atoms with Gasteiger partial charge in [0.25, 0.3) is 5.91 Å². The second kappa shape index (κ2) is 5.89. The van der Waals surface area contributed by atoms with Crippen LogP contribution in [-0.4, -0.2) is 33.8 Å². The zero-order valence-electron chi connectivity index (χ0n) is 12.7. The lowest BCUT2D eigenvalue weighted by Gasteiger charge is -2.22. The molecular weight excluding hydrogens is 290 g/mol. The third-order valence-electron chi connectivity index (χ3n) is 4.30. The van der Waals surface area contributed by atoms with E-state index in [1.165, 1.54) is 0 Å². The summed E-state index contributed by atoms with van der Waals surface area (Å²) in [6, 6.07) is 9.89. The van der Waals surface area contributed by atoms with Crippen LogP contribution in [0.15, 0.2) is 42.7 Å². The van der Waals surface area contributed by atoms with Crippen molar-refractivity contribution in [2.45, 2.75) is 18.9 Å². The number of nitrogens with one attached hydrogen (secondary N) is 3. The van der Waals surface area contributed by atoms with Crippen molar-refractivity contribution < 1.29 is 4.79 Å². The summed E-state index contributed by atoms with van der Waals surface area (Å²) in [5, 5.41) is 11.8. The van der Waals surface area contributed by atoms with Crippen LogP contribution in [0.1, 0.15) is 29.4 Å². The lowest BCUT2D eigenvalue weighted by molar-refractivity contribution is 0.102. The van der Waals surface area contributed by atoms with Gasteiger partial charge in [0.15, 0.2) is 5.69 Å². The van der Waals surface area contributed by atoms with E-state index >= 15 is 0 Å². The fraction of sp³-hybridized carbons (Fsp3) is 0.294. The van der Waals surface area contributed by atoms with Crippen LogP contribution in [0.5, 0.6) is 0 Å². The van der Waals surface area contributed by atoms with Gasteiger partial charge < -0.3 is 15.6 Å². The predicted octanol–water partition coefficient (Wildman–Crippen LogP) is 2.54. The first-order chi connectivity index (χ1) is 11.3. The Kier molecular flexibility index (Phi) is 3.59. The molecule has 1 aliphatic heterocycles. The standard InChI is InChI=1S/C17H19N5O/c23-17(20-13-3-4-15-12(10-13)5-8-19-15)16-6-9-22(21-16)14-2-1-7-18-11-14/h3-6,8-10,14,18-19H,1-2,7,11H2,(H,20,23). The van der Waals surface area contributed by atoms with Gasteiger partial charge in [-0.05, 0) is 49.7 Å². The average Bonchev–Trinajstić information content (AvgIpc) is 3.24. The van der Waals surface area contributed by atoms with Crippen LogP contribution < -0.4 is 10.6 Å².